The lowest BCUT2D eigenvalue weighted by atomic mass is 9.97. The number of hydrogen-bond acceptors (Lipinski definition) is 3. The Morgan fingerprint density at radius 3 is 2.93 bits per heavy atom. The first-order chi connectivity index (χ1) is 7.26. The number of carbonyl (C=O) groups excluding carboxylic acids is 1. The van der Waals surface area contributed by atoms with E-state index in [1.165, 1.54) is 5.56 Å². The van der Waals surface area contributed by atoms with Gasteiger partial charge in [0.15, 0.2) is 0 Å². The lowest BCUT2D eigenvalue weighted by Gasteiger charge is -2.10. The Hall–Kier alpha value is -0.670. The summed E-state index contributed by atoms with van der Waals surface area (Å²) in [5.74, 6) is 0.721. The van der Waals surface area contributed by atoms with Crippen LogP contribution in [0.3, 0.4) is 0 Å². The Labute approximate surface area is 95.5 Å². The molecule has 0 aromatic carbocycles. The number of aryl methyl sites for hydroxylation is 1. The number of nitrogens with two attached hydrogens (primary N) is 1. The second-order valence-corrected chi connectivity index (χ2v) is 4.66. The van der Waals surface area contributed by atoms with E-state index in [1.807, 2.05) is 0 Å². The minimum absolute atomic E-state index is 0.346. The molecule has 1 aromatic heterocycles. The van der Waals surface area contributed by atoms with Crippen molar-refractivity contribution < 1.29 is 4.79 Å². The molecule has 0 aliphatic rings. The Kier molecular flexibility index (Phi) is 5.58. The van der Waals surface area contributed by atoms with Crippen molar-refractivity contribution in [1.29, 1.82) is 0 Å². The molecule has 0 aliphatic heterocycles. The monoisotopic (exact) mass is 225 g/mol. The number of rotatable bonds is 7. The second-order valence-electron chi connectivity index (χ2n) is 3.88. The van der Waals surface area contributed by atoms with E-state index in [4.69, 9.17) is 5.73 Å². The first kappa shape index (κ1) is 12.4. The molecule has 1 heterocycles. The van der Waals surface area contributed by atoms with Crippen molar-refractivity contribution in [2.75, 3.05) is 6.54 Å². The largest absolute Gasteiger partial charge is 0.330 e. The zero-order valence-corrected chi connectivity index (χ0v) is 10.1. The van der Waals surface area contributed by atoms with E-state index < -0.39 is 0 Å². The summed E-state index contributed by atoms with van der Waals surface area (Å²) in [7, 11) is 0. The zero-order valence-electron chi connectivity index (χ0n) is 9.24. The van der Waals surface area contributed by atoms with Crippen LogP contribution in [0.25, 0.3) is 0 Å². The third-order valence-electron chi connectivity index (χ3n) is 2.70. The summed E-state index contributed by atoms with van der Waals surface area (Å²) < 4.78 is 0. The summed E-state index contributed by atoms with van der Waals surface area (Å²) >= 11 is 1.68. The van der Waals surface area contributed by atoms with E-state index in [2.05, 4.69) is 23.8 Å². The summed E-state index contributed by atoms with van der Waals surface area (Å²) in [5.41, 5.74) is 6.84. The third kappa shape index (κ3) is 4.58. The van der Waals surface area contributed by atoms with Crippen LogP contribution in [0.5, 0.6) is 0 Å². The molecular formula is C12H19NOS. The van der Waals surface area contributed by atoms with Gasteiger partial charge in [0.05, 0.1) is 0 Å². The highest BCUT2D eigenvalue weighted by Crippen LogP contribution is 2.12. The standard InChI is InChI=1S/C12H19NOS/c1-2-10(8-13)7-12(14)4-3-11-5-6-15-9-11/h5-6,9-10H,2-4,7-8,13H2,1H3. The molecule has 84 valence electrons. The van der Waals surface area contributed by atoms with Gasteiger partial charge in [-0.3, -0.25) is 4.79 Å². The number of ketones is 1. The van der Waals surface area contributed by atoms with E-state index in [-0.39, 0.29) is 0 Å². The lowest BCUT2D eigenvalue weighted by Crippen LogP contribution is -2.17. The Morgan fingerprint density at radius 2 is 2.40 bits per heavy atom. The minimum atomic E-state index is 0.346. The zero-order chi connectivity index (χ0) is 11.1. The van der Waals surface area contributed by atoms with Gasteiger partial charge in [0, 0.05) is 12.8 Å². The van der Waals surface area contributed by atoms with Gasteiger partial charge in [0.2, 0.25) is 0 Å². The van der Waals surface area contributed by atoms with Crippen LogP contribution in [-0.2, 0) is 11.2 Å². The number of thiophene rings is 1. The molecule has 0 saturated carbocycles. The maximum atomic E-state index is 11.6. The summed E-state index contributed by atoms with van der Waals surface area (Å²) in [6, 6.07) is 2.08. The van der Waals surface area contributed by atoms with E-state index in [0.29, 0.717) is 31.1 Å². The van der Waals surface area contributed by atoms with Gasteiger partial charge in [-0.25, -0.2) is 0 Å². The summed E-state index contributed by atoms with van der Waals surface area (Å²) in [4.78, 5) is 11.6. The van der Waals surface area contributed by atoms with Crippen LogP contribution in [0.2, 0.25) is 0 Å². The highest BCUT2D eigenvalue weighted by atomic mass is 32.1. The minimum Gasteiger partial charge on any atom is -0.330 e. The average Bonchev–Trinajstić information content (AvgIpc) is 2.75. The van der Waals surface area contributed by atoms with Crippen molar-refractivity contribution in [3.05, 3.63) is 22.4 Å². The average molecular weight is 225 g/mol. The molecule has 0 amide bonds. The van der Waals surface area contributed by atoms with Gasteiger partial charge < -0.3 is 5.73 Å². The first-order valence-corrected chi connectivity index (χ1v) is 6.43. The van der Waals surface area contributed by atoms with Crippen molar-refractivity contribution in [1.82, 2.24) is 0 Å². The molecule has 1 rings (SSSR count). The predicted molar refractivity (Wildman–Crippen MR) is 65.1 cm³/mol. The molecule has 15 heavy (non-hydrogen) atoms. The fourth-order valence-corrected chi connectivity index (χ4v) is 2.24. The second kappa shape index (κ2) is 6.75. The lowest BCUT2D eigenvalue weighted by molar-refractivity contribution is -0.119. The van der Waals surface area contributed by atoms with E-state index in [9.17, 15) is 4.79 Å². The molecule has 0 aliphatic carbocycles. The number of Topliss-reactive ketones (excluding diaryl/α,β-unsaturated/α-hetero) is 1. The van der Waals surface area contributed by atoms with Crippen molar-refractivity contribution >= 4 is 17.1 Å². The van der Waals surface area contributed by atoms with Crippen LogP contribution in [0.4, 0.5) is 0 Å². The maximum absolute atomic E-state index is 11.6. The molecule has 3 heteroatoms. The molecule has 1 atom stereocenters. The maximum Gasteiger partial charge on any atom is 0.133 e. The van der Waals surface area contributed by atoms with E-state index >= 15 is 0 Å². The topological polar surface area (TPSA) is 43.1 Å². The molecule has 0 bridgehead atoms. The fraction of sp³-hybridized carbons (Fsp3) is 0.583. The quantitative estimate of drug-likeness (QED) is 0.775. The van der Waals surface area contributed by atoms with Crippen molar-refractivity contribution in [2.24, 2.45) is 11.7 Å². The van der Waals surface area contributed by atoms with Crippen LogP contribution in [0, 0.1) is 5.92 Å². The third-order valence-corrected chi connectivity index (χ3v) is 3.43. The van der Waals surface area contributed by atoms with Gasteiger partial charge in [-0.2, -0.15) is 11.3 Å². The van der Waals surface area contributed by atoms with Crippen LogP contribution < -0.4 is 5.73 Å². The summed E-state index contributed by atoms with van der Waals surface area (Å²) in [6.45, 7) is 2.71. The molecule has 2 nitrogen and oxygen atoms in total. The van der Waals surface area contributed by atoms with Gasteiger partial charge in [-0.05, 0) is 41.3 Å². The Balaban J connectivity index is 2.24. The Morgan fingerprint density at radius 1 is 1.60 bits per heavy atom. The fourth-order valence-electron chi connectivity index (χ4n) is 1.54. The SMILES string of the molecule is CCC(CN)CC(=O)CCc1ccsc1. The van der Waals surface area contributed by atoms with Gasteiger partial charge in [0.25, 0.3) is 0 Å². The first-order valence-electron chi connectivity index (χ1n) is 5.49. The number of carbonyl (C=O) groups is 1. The van der Waals surface area contributed by atoms with Crippen LogP contribution >= 0.6 is 11.3 Å². The normalized spacial score (nSPS) is 12.7. The van der Waals surface area contributed by atoms with Crippen LogP contribution in [0.1, 0.15) is 31.7 Å². The molecule has 0 spiro atoms. The van der Waals surface area contributed by atoms with Crippen LogP contribution in [-0.4, -0.2) is 12.3 Å². The van der Waals surface area contributed by atoms with Gasteiger partial charge in [-0.1, -0.05) is 13.3 Å². The highest BCUT2D eigenvalue weighted by molar-refractivity contribution is 7.07. The van der Waals surface area contributed by atoms with E-state index in [0.717, 1.165) is 12.8 Å². The highest BCUT2D eigenvalue weighted by Gasteiger charge is 2.10. The van der Waals surface area contributed by atoms with Gasteiger partial charge in [-0.15, -0.1) is 0 Å². The van der Waals surface area contributed by atoms with Crippen molar-refractivity contribution in [3.63, 3.8) is 0 Å². The molecule has 0 radical (unpaired) electrons. The molecular weight excluding hydrogens is 206 g/mol. The van der Waals surface area contributed by atoms with Crippen molar-refractivity contribution in [2.45, 2.75) is 32.6 Å². The van der Waals surface area contributed by atoms with Crippen molar-refractivity contribution in [3.8, 4) is 0 Å². The molecule has 0 fully saturated rings. The van der Waals surface area contributed by atoms with Crippen LogP contribution in [0.15, 0.2) is 16.8 Å². The Bertz CT molecular complexity index is 278. The van der Waals surface area contributed by atoms with Gasteiger partial charge in [0.1, 0.15) is 5.78 Å². The summed E-state index contributed by atoms with van der Waals surface area (Å²) in [5, 5.41) is 4.15. The molecule has 0 saturated heterocycles. The predicted octanol–water partition coefficient (Wildman–Crippen LogP) is 2.62. The summed E-state index contributed by atoms with van der Waals surface area (Å²) in [6.07, 6.45) is 3.19. The molecule has 2 N–H and O–H groups in total. The van der Waals surface area contributed by atoms with E-state index in [1.54, 1.807) is 11.3 Å². The molecule has 1 aromatic rings. The smallest absolute Gasteiger partial charge is 0.133 e. The number of hydrogen-bond donors (Lipinski definition) is 1. The van der Waals surface area contributed by atoms with Gasteiger partial charge >= 0.3 is 0 Å². The molecule has 1 unspecified atom stereocenters.